The Kier molecular flexibility index (Phi) is 7.37. The fraction of sp³-hybridized carbons (Fsp3) is 0.133. The number of benzene rings is 2. The van der Waals surface area contributed by atoms with Crippen molar-refractivity contribution in [3.05, 3.63) is 57.0 Å². The Morgan fingerprint density at radius 3 is 1.62 bits per heavy atom. The summed E-state index contributed by atoms with van der Waals surface area (Å²) in [5, 5.41) is 1.68. The third kappa shape index (κ3) is 6.25. The summed E-state index contributed by atoms with van der Waals surface area (Å²) in [5.74, 6) is 1.28. The lowest BCUT2D eigenvalue weighted by atomic mass is 10.2. The maximum atomic E-state index is 10.3. The van der Waals surface area contributed by atoms with Gasteiger partial charge in [-0.2, -0.15) is 0 Å². The monoisotopic (exact) mass is 346 g/mol. The molecular weight excluding hydrogens is 335 g/mol. The van der Waals surface area contributed by atoms with Gasteiger partial charge < -0.3 is 9.47 Å². The lowest BCUT2D eigenvalue weighted by Crippen LogP contribution is -1.85. The summed E-state index contributed by atoms with van der Waals surface area (Å²) >= 11 is 17.0. The number of methoxy groups -OCH3 is 2. The van der Waals surface area contributed by atoms with Gasteiger partial charge in [0.25, 0.3) is 0 Å². The van der Waals surface area contributed by atoms with E-state index in [1.807, 2.05) is 0 Å². The molecule has 0 aliphatic rings. The van der Waals surface area contributed by atoms with E-state index in [2.05, 4.69) is 0 Å². The van der Waals surface area contributed by atoms with Crippen molar-refractivity contribution in [2.45, 2.75) is 0 Å². The van der Waals surface area contributed by atoms with Crippen molar-refractivity contribution in [3.63, 3.8) is 0 Å². The third-order valence-electron chi connectivity index (χ3n) is 2.34. The Morgan fingerprint density at radius 1 is 0.762 bits per heavy atom. The average Bonchev–Trinajstić information content (AvgIpc) is 2.46. The lowest BCUT2D eigenvalue weighted by molar-refractivity contribution is 0.112. The molecule has 0 bridgehead atoms. The number of ether oxygens (including phenoxy) is 2. The van der Waals surface area contributed by atoms with Crippen molar-refractivity contribution in [2.24, 2.45) is 0 Å². The summed E-state index contributed by atoms with van der Waals surface area (Å²) in [4.78, 5) is 10.3. The molecule has 6 heteroatoms. The third-order valence-corrected chi connectivity index (χ3v) is 2.99. The predicted molar refractivity (Wildman–Crippen MR) is 86.4 cm³/mol. The van der Waals surface area contributed by atoms with E-state index in [9.17, 15) is 4.79 Å². The van der Waals surface area contributed by atoms with Crippen LogP contribution in [0.3, 0.4) is 0 Å². The van der Waals surface area contributed by atoms with Crippen LogP contribution in [0.25, 0.3) is 0 Å². The Hall–Kier alpha value is -1.42. The molecule has 21 heavy (non-hydrogen) atoms. The molecule has 0 spiro atoms. The first-order chi connectivity index (χ1) is 9.98. The fourth-order valence-corrected chi connectivity index (χ4v) is 2.16. The van der Waals surface area contributed by atoms with Crippen LogP contribution in [0, 0.1) is 0 Å². The van der Waals surface area contributed by atoms with Gasteiger partial charge >= 0.3 is 0 Å². The molecule has 0 fully saturated rings. The van der Waals surface area contributed by atoms with Gasteiger partial charge in [-0.25, -0.2) is 0 Å². The molecule has 0 amide bonds. The molecule has 2 aromatic carbocycles. The highest BCUT2D eigenvalue weighted by Crippen LogP contribution is 2.23. The minimum Gasteiger partial charge on any atom is -0.497 e. The second-order valence-electron chi connectivity index (χ2n) is 3.85. The number of hydrogen-bond donors (Lipinski definition) is 0. The van der Waals surface area contributed by atoms with Gasteiger partial charge in [0.1, 0.15) is 17.8 Å². The Morgan fingerprint density at radius 2 is 1.19 bits per heavy atom. The highest BCUT2D eigenvalue weighted by Gasteiger charge is 1.97. The van der Waals surface area contributed by atoms with Crippen molar-refractivity contribution in [1.82, 2.24) is 0 Å². The molecule has 0 saturated heterocycles. The van der Waals surface area contributed by atoms with Gasteiger partial charge in [0.05, 0.1) is 14.2 Å². The highest BCUT2D eigenvalue weighted by atomic mass is 35.5. The Bertz CT molecular complexity index is 595. The molecule has 0 atom stereocenters. The molecule has 3 nitrogen and oxygen atoms in total. The molecular formula is C15H13Cl3O3. The van der Waals surface area contributed by atoms with E-state index in [0.717, 1.165) is 6.29 Å². The smallest absolute Gasteiger partial charge is 0.150 e. The standard InChI is InChI=1S/C8H7ClO2.C7H6Cl2O/c1-11-8-3-6(5-10)2-7(9)4-8;1-10-7-3-5(8)2-6(9)4-7/h2-5H,1H3;2-4H,1H3. The first-order valence-corrected chi connectivity index (χ1v) is 6.91. The number of aldehydes is 1. The molecule has 0 unspecified atom stereocenters. The molecule has 0 aliphatic heterocycles. The van der Waals surface area contributed by atoms with Crippen molar-refractivity contribution in [1.29, 1.82) is 0 Å². The number of rotatable bonds is 3. The van der Waals surface area contributed by atoms with Gasteiger partial charge in [0, 0.05) is 20.6 Å². The molecule has 0 heterocycles. The number of carbonyl (C=O) groups is 1. The average molecular weight is 348 g/mol. The van der Waals surface area contributed by atoms with Crippen LogP contribution in [0.1, 0.15) is 10.4 Å². The minimum absolute atomic E-state index is 0.506. The summed E-state index contributed by atoms with van der Waals surface area (Å²) in [6, 6.07) is 9.91. The normalized spacial score (nSPS) is 9.38. The van der Waals surface area contributed by atoms with Crippen molar-refractivity contribution in [3.8, 4) is 11.5 Å². The van der Waals surface area contributed by atoms with Gasteiger partial charge in [-0.05, 0) is 36.4 Å². The summed E-state index contributed by atoms with van der Waals surface area (Å²) < 4.78 is 9.80. The Balaban J connectivity index is 0.000000211. The van der Waals surface area contributed by atoms with Crippen molar-refractivity contribution in [2.75, 3.05) is 14.2 Å². The molecule has 0 aromatic heterocycles. The molecule has 0 saturated carbocycles. The first kappa shape index (κ1) is 17.6. The van der Waals surface area contributed by atoms with Gasteiger partial charge in [0.2, 0.25) is 0 Å². The van der Waals surface area contributed by atoms with Crippen LogP contribution in [-0.4, -0.2) is 20.5 Å². The summed E-state index contributed by atoms with van der Waals surface area (Å²) in [6.45, 7) is 0. The van der Waals surface area contributed by atoms with Crippen molar-refractivity contribution >= 4 is 41.1 Å². The quantitative estimate of drug-likeness (QED) is 0.719. The highest BCUT2D eigenvalue weighted by molar-refractivity contribution is 6.34. The fourth-order valence-electron chi connectivity index (χ4n) is 1.42. The van der Waals surface area contributed by atoms with Gasteiger partial charge in [-0.1, -0.05) is 34.8 Å². The SMILES string of the molecule is COc1cc(Cl)cc(C=O)c1.COc1cc(Cl)cc(Cl)c1. The maximum Gasteiger partial charge on any atom is 0.150 e. The van der Waals surface area contributed by atoms with E-state index >= 15 is 0 Å². The molecule has 0 radical (unpaired) electrons. The zero-order chi connectivity index (χ0) is 15.8. The minimum atomic E-state index is 0.506. The number of carbonyl (C=O) groups excluding carboxylic acids is 1. The van der Waals surface area contributed by atoms with Gasteiger partial charge in [-0.15, -0.1) is 0 Å². The van der Waals surface area contributed by atoms with E-state index in [4.69, 9.17) is 44.3 Å². The first-order valence-electron chi connectivity index (χ1n) is 5.78. The van der Waals surface area contributed by atoms with Gasteiger partial charge in [0.15, 0.2) is 0 Å². The largest absolute Gasteiger partial charge is 0.497 e. The summed E-state index contributed by atoms with van der Waals surface area (Å²) in [7, 11) is 3.10. The molecule has 0 aliphatic carbocycles. The van der Waals surface area contributed by atoms with E-state index < -0.39 is 0 Å². The van der Waals surface area contributed by atoms with Crippen molar-refractivity contribution < 1.29 is 14.3 Å². The summed E-state index contributed by atoms with van der Waals surface area (Å²) in [6.07, 6.45) is 0.731. The number of hydrogen-bond acceptors (Lipinski definition) is 3. The summed E-state index contributed by atoms with van der Waals surface area (Å²) in [5.41, 5.74) is 0.523. The van der Waals surface area contributed by atoms with Crippen LogP contribution in [0.15, 0.2) is 36.4 Å². The maximum absolute atomic E-state index is 10.3. The lowest BCUT2D eigenvalue weighted by Gasteiger charge is -2.00. The van der Waals surface area contributed by atoms with E-state index in [1.54, 1.807) is 43.5 Å². The molecule has 2 rings (SSSR count). The predicted octanol–water partition coefficient (Wildman–Crippen LogP) is 5.16. The van der Waals surface area contributed by atoms with E-state index in [-0.39, 0.29) is 0 Å². The zero-order valence-corrected chi connectivity index (χ0v) is 13.7. The second kappa shape index (κ2) is 8.78. The van der Waals surface area contributed by atoms with E-state index in [0.29, 0.717) is 32.1 Å². The van der Waals surface area contributed by atoms with Crippen LogP contribution >= 0.6 is 34.8 Å². The second-order valence-corrected chi connectivity index (χ2v) is 5.16. The van der Waals surface area contributed by atoms with Crippen LogP contribution in [-0.2, 0) is 0 Å². The topological polar surface area (TPSA) is 35.5 Å². The molecule has 0 N–H and O–H groups in total. The molecule has 2 aromatic rings. The van der Waals surface area contributed by atoms with Crippen LogP contribution in [0.4, 0.5) is 0 Å². The zero-order valence-electron chi connectivity index (χ0n) is 11.4. The van der Waals surface area contributed by atoms with Crippen LogP contribution < -0.4 is 9.47 Å². The van der Waals surface area contributed by atoms with Crippen LogP contribution in [0.2, 0.25) is 15.1 Å². The Labute approximate surface area is 138 Å². The molecule has 112 valence electrons. The van der Waals surface area contributed by atoms with E-state index in [1.165, 1.54) is 7.11 Å². The van der Waals surface area contributed by atoms with Crippen LogP contribution in [0.5, 0.6) is 11.5 Å². The van der Waals surface area contributed by atoms with Gasteiger partial charge in [-0.3, -0.25) is 4.79 Å². The number of halogens is 3.